The molecule has 2 aromatic heterocycles. The van der Waals surface area contributed by atoms with Crippen LogP contribution in [0.5, 0.6) is 0 Å². The largest absolute Gasteiger partial charge is 0.390 e. The van der Waals surface area contributed by atoms with Gasteiger partial charge in [0.2, 0.25) is 0 Å². The number of nitrogens with one attached hydrogen (secondary N) is 1. The molecule has 0 amide bonds. The zero-order valence-electron chi connectivity index (χ0n) is 14.7. The maximum absolute atomic E-state index is 10.7. The average Bonchev–Trinajstić information content (AvgIpc) is 3.23. The van der Waals surface area contributed by atoms with Gasteiger partial charge in [0.15, 0.2) is 11.5 Å². The first-order valence-corrected chi connectivity index (χ1v) is 9.15. The van der Waals surface area contributed by atoms with Crippen molar-refractivity contribution in [2.75, 3.05) is 5.43 Å². The van der Waals surface area contributed by atoms with Crippen LogP contribution in [0.2, 0.25) is 5.02 Å². The predicted molar refractivity (Wildman–Crippen MR) is 102 cm³/mol. The third-order valence-corrected chi connectivity index (χ3v) is 5.83. The lowest BCUT2D eigenvalue weighted by molar-refractivity contribution is 0.00140. The van der Waals surface area contributed by atoms with Crippen molar-refractivity contribution in [3.05, 3.63) is 47.4 Å². The van der Waals surface area contributed by atoms with Crippen molar-refractivity contribution in [1.29, 1.82) is 0 Å². The van der Waals surface area contributed by atoms with E-state index in [1.54, 1.807) is 10.9 Å². The summed E-state index contributed by atoms with van der Waals surface area (Å²) < 4.78 is 1.65. The summed E-state index contributed by atoms with van der Waals surface area (Å²) >= 11 is 5.97. The summed E-state index contributed by atoms with van der Waals surface area (Å²) in [5, 5.41) is 27.1. The molecule has 0 saturated heterocycles. The van der Waals surface area contributed by atoms with E-state index < -0.39 is 18.2 Å². The van der Waals surface area contributed by atoms with Gasteiger partial charge in [-0.2, -0.15) is 5.10 Å². The molecule has 2 heterocycles. The number of nitrogens with zero attached hydrogens (tertiary/aromatic N) is 4. The molecular formula is C18H21ClN6O2. The number of halogens is 1. The highest BCUT2D eigenvalue weighted by atomic mass is 35.5. The molecule has 3 aromatic rings. The normalized spacial score (nSPS) is 26.4. The van der Waals surface area contributed by atoms with Gasteiger partial charge >= 0.3 is 0 Å². The van der Waals surface area contributed by atoms with Crippen molar-refractivity contribution >= 4 is 28.5 Å². The molecular weight excluding hydrogens is 368 g/mol. The van der Waals surface area contributed by atoms with Gasteiger partial charge in [-0.15, -0.1) is 0 Å². The van der Waals surface area contributed by atoms with Crippen molar-refractivity contribution in [3.63, 3.8) is 0 Å². The molecule has 5 N–H and O–H groups in total. The Balaban J connectivity index is 1.65. The Morgan fingerprint density at radius 1 is 1.22 bits per heavy atom. The quantitative estimate of drug-likeness (QED) is 0.397. The lowest BCUT2D eigenvalue weighted by Crippen LogP contribution is -2.31. The third kappa shape index (κ3) is 3.04. The summed E-state index contributed by atoms with van der Waals surface area (Å²) in [4.78, 5) is 8.34. The van der Waals surface area contributed by atoms with E-state index in [1.807, 2.05) is 31.2 Å². The molecule has 8 nitrogen and oxygen atoms in total. The van der Waals surface area contributed by atoms with Crippen molar-refractivity contribution in [3.8, 4) is 0 Å². The van der Waals surface area contributed by atoms with E-state index in [-0.39, 0.29) is 11.8 Å². The van der Waals surface area contributed by atoms with Crippen LogP contribution in [0.15, 0.2) is 36.8 Å². The maximum atomic E-state index is 10.7. The average molecular weight is 389 g/mol. The minimum Gasteiger partial charge on any atom is -0.390 e. The smallest absolute Gasteiger partial charge is 0.163 e. The number of hydrazine groups is 1. The Kier molecular flexibility index (Phi) is 4.73. The lowest BCUT2D eigenvalue weighted by Gasteiger charge is -2.23. The van der Waals surface area contributed by atoms with E-state index in [0.29, 0.717) is 28.3 Å². The number of aliphatic hydroxyl groups excluding tert-OH is 2. The standard InChI is InChI=1S/C18H21ClN6O2/c1-9(10-2-4-11(19)5-3-10)12-6-14(16(27)15(12)26)25-18-13(7-23-25)17(24-20)21-8-22-18/h2-5,7-9,12,14-16,26-27H,6,20H2,1H3,(H,21,22,24)/t9?,12-,14-,15-,16+/m1/s1. The highest BCUT2D eigenvalue weighted by molar-refractivity contribution is 6.30. The summed E-state index contributed by atoms with van der Waals surface area (Å²) in [5.41, 5.74) is 4.15. The number of aromatic nitrogens is 4. The zero-order valence-corrected chi connectivity index (χ0v) is 15.5. The summed E-state index contributed by atoms with van der Waals surface area (Å²) in [6.07, 6.45) is 1.75. The molecule has 5 atom stereocenters. The summed E-state index contributed by atoms with van der Waals surface area (Å²) in [7, 11) is 0. The van der Waals surface area contributed by atoms with Crippen LogP contribution < -0.4 is 11.3 Å². The van der Waals surface area contributed by atoms with Crippen LogP contribution >= 0.6 is 11.6 Å². The van der Waals surface area contributed by atoms with E-state index in [2.05, 4.69) is 20.5 Å². The fourth-order valence-electron chi connectivity index (χ4n) is 4.02. The van der Waals surface area contributed by atoms with Gasteiger partial charge < -0.3 is 15.6 Å². The molecule has 9 heteroatoms. The van der Waals surface area contributed by atoms with Gasteiger partial charge in [0.1, 0.15) is 12.4 Å². The molecule has 4 rings (SSSR count). The molecule has 1 unspecified atom stereocenters. The molecule has 1 fully saturated rings. The van der Waals surface area contributed by atoms with E-state index >= 15 is 0 Å². The Hall–Kier alpha value is -2.26. The highest BCUT2D eigenvalue weighted by Gasteiger charge is 2.45. The molecule has 1 aliphatic carbocycles. The lowest BCUT2D eigenvalue weighted by atomic mass is 9.85. The van der Waals surface area contributed by atoms with Crippen molar-refractivity contribution in [2.45, 2.75) is 37.5 Å². The first kappa shape index (κ1) is 18.1. The number of nitrogen functional groups attached to an aromatic ring is 1. The van der Waals surface area contributed by atoms with Crippen LogP contribution in [-0.4, -0.2) is 42.2 Å². The van der Waals surface area contributed by atoms with Crippen LogP contribution in [-0.2, 0) is 0 Å². The van der Waals surface area contributed by atoms with Gasteiger partial charge in [0.05, 0.1) is 23.7 Å². The number of anilines is 1. The predicted octanol–water partition coefficient (Wildman–Crippen LogP) is 1.85. The van der Waals surface area contributed by atoms with E-state index in [0.717, 1.165) is 5.56 Å². The number of hydrogen-bond donors (Lipinski definition) is 4. The summed E-state index contributed by atoms with van der Waals surface area (Å²) in [6, 6.07) is 7.19. The SMILES string of the molecule is CC(c1ccc(Cl)cc1)[C@H]1C[C@@H](n2ncc3c(NN)ncnc32)[C@H](O)[C@@H]1O. The Labute approximate surface area is 161 Å². The van der Waals surface area contributed by atoms with Crippen molar-refractivity contribution in [1.82, 2.24) is 19.7 Å². The molecule has 0 aliphatic heterocycles. The fourth-order valence-corrected chi connectivity index (χ4v) is 4.14. The maximum Gasteiger partial charge on any atom is 0.163 e. The Morgan fingerprint density at radius 3 is 2.67 bits per heavy atom. The molecule has 1 aromatic carbocycles. The molecule has 1 aliphatic rings. The Bertz CT molecular complexity index is 947. The van der Waals surface area contributed by atoms with Gasteiger partial charge in [-0.3, -0.25) is 0 Å². The van der Waals surface area contributed by atoms with Gasteiger partial charge in [-0.05, 0) is 36.0 Å². The van der Waals surface area contributed by atoms with Crippen LogP contribution in [0.25, 0.3) is 11.0 Å². The number of nitrogens with two attached hydrogens (primary N) is 1. The fraction of sp³-hybridized carbons (Fsp3) is 0.389. The molecule has 0 radical (unpaired) electrons. The summed E-state index contributed by atoms with van der Waals surface area (Å²) in [6.45, 7) is 2.05. The molecule has 27 heavy (non-hydrogen) atoms. The van der Waals surface area contributed by atoms with E-state index in [9.17, 15) is 10.2 Å². The first-order valence-electron chi connectivity index (χ1n) is 8.77. The van der Waals surface area contributed by atoms with Crippen LogP contribution in [0.3, 0.4) is 0 Å². The Morgan fingerprint density at radius 2 is 1.96 bits per heavy atom. The van der Waals surface area contributed by atoms with Crippen LogP contribution in [0, 0.1) is 5.92 Å². The third-order valence-electron chi connectivity index (χ3n) is 5.58. The second-order valence-corrected chi connectivity index (χ2v) is 7.42. The second kappa shape index (κ2) is 7.05. The van der Waals surface area contributed by atoms with E-state index in [1.165, 1.54) is 6.33 Å². The van der Waals surface area contributed by atoms with Crippen molar-refractivity contribution in [2.24, 2.45) is 11.8 Å². The van der Waals surface area contributed by atoms with Gasteiger partial charge in [0, 0.05) is 5.02 Å². The zero-order chi connectivity index (χ0) is 19.1. The number of benzene rings is 1. The van der Waals surface area contributed by atoms with Gasteiger partial charge in [0.25, 0.3) is 0 Å². The molecule has 1 saturated carbocycles. The second-order valence-electron chi connectivity index (χ2n) is 6.98. The number of aliphatic hydroxyl groups is 2. The van der Waals surface area contributed by atoms with E-state index in [4.69, 9.17) is 17.4 Å². The summed E-state index contributed by atoms with van der Waals surface area (Å²) in [5.74, 6) is 5.88. The highest BCUT2D eigenvalue weighted by Crippen LogP contribution is 2.43. The monoisotopic (exact) mass is 388 g/mol. The topological polar surface area (TPSA) is 122 Å². The molecule has 142 valence electrons. The number of fused-ring (bicyclic) bond motifs is 1. The van der Waals surface area contributed by atoms with Gasteiger partial charge in [-0.1, -0.05) is 30.7 Å². The molecule has 0 spiro atoms. The van der Waals surface area contributed by atoms with Crippen molar-refractivity contribution < 1.29 is 10.2 Å². The minimum atomic E-state index is -0.947. The van der Waals surface area contributed by atoms with Crippen LogP contribution in [0.4, 0.5) is 5.82 Å². The number of rotatable bonds is 4. The van der Waals surface area contributed by atoms with Crippen LogP contribution in [0.1, 0.15) is 30.9 Å². The van der Waals surface area contributed by atoms with Gasteiger partial charge in [-0.25, -0.2) is 20.5 Å². The number of hydrogen-bond acceptors (Lipinski definition) is 7. The minimum absolute atomic E-state index is 0.0506. The first-order chi connectivity index (χ1) is 13.0. The molecule has 0 bridgehead atoms.